The molecule has 2 aliphatic rings. The van der Waals surface area contributed by atoms with Gasteiger partial charge in [-0.15, -0.1) is 5.10 Å². The quantitative estimate of drug-likeness (QED) is 0.427. The van der Waals surface area contributed by atoms with Crippen LogP contribution < -0.4 is 4.74 Å². The van der Waals surface area contributed by atoms with Gasteiger partial charge in [0.05, 0.1) is 5.69 Å². The maximum atomic E-state index is 5.99. The third-order valence-electron chi connectivity index (χ3n) is 7.61. The van der Waals surface area contributed by atoms with Crippen LogP contribution in [0.3, 0.4) is 0 Å². The number of fused-ring (bicyclic) bond motifs is 2. The molecule has 0 N–H and O–H groups in total. The molecule has 4 aromatic rings. The SMILES string of the molecule is Cn1nnnc1-c1ccc([C@]2(c3ccc(OCc4ccccn4)cc3)C[C@@H]3CC[C@H]2C3)cc1. The third-order valence-corrected chi connectivity index (χ3v) is 7.61. The van der Waals surface area contributed by atoms with Crippen molar-refractivity contribution in [2.45, 2.75) is 37.7 Å². The lowest BCUT2D eigenvalue weighted by Crippen LogP contribution is -2.34. The lowest BCUT2D eigenvalue weighted by Gasteiger charge is -2.39. The molecule has 0 saturated heterocycles. The minimum atomic E-state index is 0.0686. The van der Waals surface area contributed by atoms with Gasteiger partial charge in [-0.3, -0.25) is 4.98 Å². The van der Waals surface area contributed by atoms with Crippen LogP contribution in [0.15, 0.2) is 72.9 Å². The van der Waals surface area contributed by atoms with Gasteiger partial charge in [-0.1, -0.05) is 48.9 Å². The van der Waals surface area contributed by atoms with E-state index in [9.17, 15) is 0 Å². The number of hydrogen-bond donors (Lipinski definition) is 0. The van der Waals surface area contributed by atoms with Crippen molar-refractivity contribution in [3.8, 4) is 17.1 Å². The van der Waals surface area contributed by atoms with E-state index in [2.05, 4.69) is 69.0 Å². The number of nitrogens with zero attached hydrogens (tertiary/aromatic N) is 5. The summed E-state index contributed by atoms with van der Waals surface area (Å²) in [7, 11) is 1.87. The maximum Gasteiger partial charge on any atom is 0.181 e. The van der Waals surface area contributed by atoms with Crippen molar-refractivity contribution < 1.29 is 4.74 Å². The van der Waals surface area contributed by atoms with Gasteiger partial charge in [0.25, 0.3) is 0 Å². The van der Waals surface area contributed by atoms with Crippen LogP contribution in [0.1, 0.15) is 42.5 Å². The van der Waals surface area contributed by atoms with Crippen LogP contribution in [0.25, 0.3) is 11.4 Å². The number of pyridine rings is 1. The first-order valence-corrected chi connectivity index (χ1v) is 11.7. The molecule has 166 valence electrons. The van der Waals surface area contributed by atoms with Gasteiger partial charge in [0.1, 0.15) is 12.4 Å². The Kier molecular flexibility index (Phi) is 4.93. The smallest absolute Gasteiger partial charge is 0.181 e. The Morgan fingerprint density at radius 3 is 2.36 bits per heavy atom. The average molecular weight is 438 g/mol. The largest absolute Gasteiger partial charge is 0.487 e. The molecule has 6 heteroatoms. The highest BCUT2D eigenvalue weighted by Crippen LogP contribution is 2.60. The van der Waals surface area contributed by atoms with Gasteiger partial charge >= 0.3 is 0 Å². The molecule has 0 unspecified atom stereocenters. The van der Waals surface area contributed by atoms with E-state index in [0.29, 0.717) is 12.5 Å². The Morgan fingerprint density at radius 1 is 0.970 bits per heavy atom. The van der Waals surface area contributed by atoms with Gasteiger partial charge in [-0.25, -0.2) is 4.68 Å². The van der Waals surface area contributed by atoms with E-state index >= 15 is 0 Å². The monoisotopic (exact) mass is 437 g/mol. The van der Waals surface area contributed by atoms with Gasteiger partial charge in [-0.2, -0.15) is 0 Å². The first-order chi connectivity index (χ1) is 16.2. The van der Waals surface area contributed by atoms with E-state index in [4.69, 9.17) is 4.74 Å². The van der Waals surface area contributed by atoms with Crippen LogP contribution >= 0.6 is 0 Å². The van der Waals surface area contributed by atoms with Crippen molar-refractivity contribution in [3.05, 3.63) is 89.7 Å². The standard InChI is InChI=1S/C27H27N5O/c1-32-26(29-30-31-32)20-6-9-21(10-7-20)27(17-19-5-8-23(27)16-19)22-11-13-25(14-12-22)33-18-24-4-2-3-15-28-24/h2-4,6-7,9-15,19,23H,5,8,16-18H2,1H3/t19-,23+,27+/m1/s1. The van der Waals surface area contributed by atoms with E-state index < -0.39 is 0 Å². The number of benzene rings is 2. The van der Waals surface area contributed by atoms with E-state index in [1.807, 2.05) is 25.2 Å². The molecule has 2 heterocycles. The summed E-state index contributed by atoms with van der Waals surface area (Å²) in [6, 6.07) is 23.6. The van der Waals surface area contributed by atoms with Crippen LogP contribution in [0.2, 0.25) is 0 Å². The summed E-state index contributed by atoms with van der Waals surface area (Å²) in [6.07, 6.45) is 7.01. The van der Waals surface area contributed by atoms with Crippen molar-refractivity contribution in [1.82, 2.24) is 25.2 Å². The average Bonchev–Trinajstić information content (AvgIpc) is 3.60. The Bertz CT molecular complexity index is 1240. The first-order valence-electron chi connectivity index (χ1n) is 11.7. The molecule has 0 amide bonds. The predicted molar refractivity (Wildman–Crippen MR) is 125 cm³/mol. The molecule has 2 saturated carbocycles. The Balaban J connectivity index is 1.30. The molecule has 33 heavy (non-hydrogen) atoms. The van der Waals surface area contributed by atoms with E-state index in [-0.39, 0.29) is 5.41 Å². The van der Waals surface area contributed by atoms with Crippen LogP contribution in [-0.2, 0) is 19.1 Å². The fourth-order valence-corrected chi connectivity index (χ4v) is 6.08. The first kappa shape index (κ1) is 20.1. The van der Waals surface area contributed by atoms with E-state index in [1.54, 1.807) is 10.9 Å². The normalized spacial score (nSPS) is 23.7. The van der Waals surface area contributed by atoms with Crippen molar-refractivity contribution in [1.29, 1.82) is 0 Å². The third kappa shape index (κ3) is 3.50. The molecule has 0 radical (unpaired) electrons. The lowest BCUT2D eigenvalue weighted by atomic mass is 9.64. The highest BCUT2D eigenvalue weighted by Gasteiger charge is 2.52. The van der Waals surface area contributed by atoms with Gasteiger partial charge in [0, 0.05) is 24.2 Å². The molecule has 0 spiro atoms. The molecule has 2 bridgehead atoms. The van der Waals surface area contributed by atoms with Crippen LogP contribution in [0.5, 0.6) is 5.75 Å². The summed E-state index contributed by atoms with van der Waals surface area (Å²) in [4.78, 5) is 4.34. The van der Waals surface area contributed by atoms with Crippen molar-refractivity contribution in [3.63, 3.8) is 0 Å². The minimum Gasteiger partial charge on any atom is -0.487 e. The molecule has 3 atom stereocenters. The maximum absolute atomic E-state index is 5.99. The molecule has 6 rings (SSSR count). The second-order valence-electron chi connectivity index (χ2n) is 9.39. The Labute approximate surface area is 193 Å². The topological polar surface area (TPSA) is 65.7 Å². The summed E-state index contributed by atoms with van der Waals surface area (Å²) in [5, 5.41) is 11.9. The summed E-state index contributed by atoms with van der Waals surface area (Å²) in [6.45, 7) is 0.481. The van der Waals surface area contributed by atoms with Crippen molar-refractivity contribution >= 4 is 0 Å². The number of tetrazole rings is 1. The van der Waals surface area contributed by atoms with Gasteiger partial charge in [-0.05, 0) is 76.9 Å². The molecule has 0 aliphatic heterocycles. The van der Waals surface area contributed by atoms with Gasteiger partial charge in [0.15, 0.2) is 5.82 Å². The van der Waals surface area contributed by atoms with Crippen LogP contribution in [0.4, 0.5) is 0 Å². The van der Waals surface area contributed by atoms with E-state index in [0.717, 1.165) is 28.7 Å². The number of aryl methyl sites for hydroxylation is 1. The Hall–Kier alpha value is -3.54. The number of aromatic nitrogens is 5. The summed E-state index contributed by atoms with van der Waals surface area (Å²) < 4.78 is 7.71. The number of rotatable bonds is 6. The van der Waals surface area contributed by atoms with Crippen molar-refractivity contribution in [2.75, 3.05) is 0 Å². The summed E-state index contributed by atoms with van der Waals surface area (Å²) in [5.41, 5.74) is 4.84. The summed E-state index contributed by atoms with van der Waals surface area (Å²) in [5.74, 6) is 3.17. The zero-order chi connectivity index (χ0) is 22.3. The molecule has 2 aliphatic carbocycles. The molecule has 2 aromatic heterocycles. The highest BCUT2D eigenvalue weighted by atomic mass is 16.5. The minimum absolute atomic E-state index is 0.0686. The van der Waals surface area contributed by atoms with E-state index in [1.165, 1.54) is 36.8 Å². The van der Waals surface area contributed by atoms with Crippen LogP contribution in [0, 0.1) is 11.8 Å². The molecular weight excluding hydrogens is 410 g/mol. The molecule has 2 aromatic carbocycles. The molecule has 6 nitrogen and oxygen atoms in total. The van der Waals surface area contributed by atoms with Crippen LogP contribution in [-0.4, -0.2) is 25.2 Å². The zero-order valence-electron chi connectivity index (χ0n) is 18.8. The Morgan fingerprint density at radius 2 is 1.76 bits per heavy atom. The molecular formula is C27H27N5O. The van der Waals surface area contributed by atoms with Gasteiger partial charge < -0.3 is 4.74 Å². The fourth-order valence-electron chi connectivity index (χ4n) is 6.08. The second-order valence-corrected chi connectivity index (χ2v) is 9.39. The number of hydrogen-bond acceptors (Lipinski definition) is 5. The molecule has 2 fully saturated rings. The van der Waals surface area contributed by atoms with Gasteiger partial charge in [0.2, 0.25) is 0 Å². The fraction of sp³-hybridized carbons (Fsp3) is 0.333. The van der Waals surface area contributed by atoms with Crippen molar-refractivity contribution in [2.24, 2.45) is 18.9 Å². The predicted octanol–water partition coefficient (Wildman–Crippen LogP) is 4.96. The summed E-state index contributed by atoms with van der Waals surface area (Å²) >= 11 is 0. The zero-order valence-corrected chi connectivity index (χ0v) is 18.8. The lowest BCUT2D eigenvalue weighted by molar-refractivity contribution is 0.299. The highest BCUT2D eigenvalue weighted by molar-refractivity contribution is 5.57. The number of ether oxygens (including phenoxy) is 1. The second kappa shape index (κ2) is 8.10.